The summed E-state index contributed by atoms with van der Waals surface area (Å²) in [6.45, 7) is 2.16. The molecule has 8 heteroatoms. The summed E-state index contributed by atoms with van der Waals surface area (Å²) >= 11 is 6.87. The second-order valence-corrected chi connectivity index (χ2v) is 12.1. The van der Waals surface area contributed by atoms with E-state index in [1.165, 1.54) is 31.0 Å². The van der Waals surface area contributed by atoms with Crippen LogP contribution in [-0.4, -0.2) is 26.3 Å². The third-order valence-electron chi connectivity index (χ3n) is 8.01. The summed E-state index contributed by atoms with van der Waals surface area (Å²) in [6.07, 6.45) is 10.5. The average Bonchev–Trinajstić information content (AvgIpc) is 3.66. The van der Waals surface area contributed by atoms with Crippen molar-refractivity contribution in [2.24, 2.45) is 11.8 Å². The number of nitrogens with zero attached hydrogens (tertiary/aromatic N) is 1. The Kier molecular flexibility index (Phi) is 6.49. The van der Waals surface area contributed by atoms with Crippen LogP contribution in [0, 0.1) is 11.8 Å². The van der Waals surface area contributed by atoms with E-state index < -0.39 is 5.63 Å². The lowest BCUT2D eigenvalue weighted by molar-refractivity contribution is -0.124. The molecule has 2 aliphatic carbocycles. The number of amides is 1. The highest BCUT2D eigenvalue weighted by molar-refractivity contribution is 8.26. The SMILES string of the molecule is CCCCCc1ccc2oc(=O)c(-c3ccc(/C=C4\SC(=S)N(C5CC6CCC5C6)C4=O)o3)c(O)c2c1. The Hall–Kier alpha value is -2.84. The summed E-state index contributed by atoms with van der Waals surface area (Å²) in [5.41, 5.74) is 0.717. The highest BCUT2D eigenvalue weighted by Gasteiger charge is 2.48. The molecule has 3 aliphatic rings. The molecule has 1 aromatic carbocycles. The summed E-state index contributed by atoms with van der Waals surface area (Å²) in [5.74, 6) is 1.63. The van der Waals surface area contributed by atoms with Gasteiger partial charge in [-0.2, -0.15) is 0 Å². The van der Waals surface area contributed by atoms with Crippen molar-refractivity contribution in [1.29, 1.82) is 0 Å². The number of carbonyl (C=O) groups is 1. The predicted molar refractivity (Wildman–Crippen MR) is 149 cm³/mol. The van der Waals surface area contributed by atoms with Crippen molar-refractivity contribution in [3.63, 3.8) is 0 Å². The lowest BCUT2D eigenvalue weighted by atomic mass is 9.94. The molecule has 3 heterocycles. The van der Waals surface area contributed by atoms with E-state index >= 15 is 0 Å². The lowest BCUT2D eigenvalue weighted by Crippen LogP contribution is -2.41. The number of thiocarbonyl (C=S) groups is 1. The molecule has 3 fully saturated rings. The summed E-state index contributed by atoms with van der Waals surface area (Å²) in [4.78, 5) is 28.3. The molecule has 3 aromatic rings. The van der Waals surface area contributed by atoms with E-state index in [-0.39, 0.29) is 29.0 Å². The van der Waals surface area contributed by atoms with Crippen LogP contribution in [0.3, 0.4) is 0 Å². The van der Waals surface area contributed by atoms with Gasteiger partial charge in [0.05, 0.1) is 10.3 Å². The van der Waals surface area contributed by atoms with E-state index in [0.29, 0.717) is 37.8 Å². The van der Waals surface area contributed by atoms with Crippen LogP contribution in [0.1, 0.15) is 63.2 Å². The maximum Gasteiger partial charge on any atom is 0.351 e. The molecule has 1 N–H and O–H groups in total. The van der Waals surface area contributed by atoms with E-state index in [4.69, 9.17) is 21.1 Å². The molecule has 1 saturated heterocycles. The van der Waals surface area contributed by atoms with Crippen LogP contribution < -0.4 is 5.63 Å². The van der Waals surface area contributed by atoms with Gasteiger partial charge < -0.3 is 13.9 Å². The second-order valence-electron chi connectivity index (χ2n) is 10.4. The third-order valence-corrected chi connectivity index (χ3v) is 9.34. The first-order chi connectivity index (χ1) is 17.9. The van der Waals surface area contributed by atoms with E-state index in [1.807, 2.05) is 12.1 Å². The van der Waals surface area contributed by atoms with Crippen molar-refractivity contribution in [2.45, 2.75) is 64.3 Å². The molecule has 1 amide bonds. The first-order valence-corrected chi connectivity index (χ1v) is 14.3. The van der Waals surface area contributed by atoms with Gasteiger partial charge >= 0.3 is 5.63 Å². The Labute approximate surface area is 224 Å². The monoisotopic (exact) mass is 535 g/mol. The molecule has 6 rings (SSSR count). The van der Waals surface area contributed by atoms with Crippen molar-refractivity contribution in [3.05, 3.63) is 57.0 Å². The van der Waals surface area contributed by atoms with E-state index in [9.17, 15) is 14.7 Å². The molecule has 1 aliphatic heterocycles. The van der Waals surface area contributed by atoms with Crippen LogP contribution in [0.5, 0.6) is 5.75 Å². The van der Waals surface area contributed by atoms with Crippen molar-refractivity contribution in [2.75, 3.05) is 0 Å². The van der Waals surface area contributed by atoms with Gasteiger partial charge in [-0.1, -0.05) is 56.2 Å². The maximum atomic E-state index is 13.2. The molecule has 192 valence electrons. The predicted octanol–water partition coefficient (Wildman–Crippen LogP) is 6.88. The fraction of sp³-hybridized carbons (Fsp3) is 0.414. The minimum absolute atomic E-state index is 0.0209. The summed E-state index contributed by atoms with van der Waals surface area (Å²) in [6, 6.07) is 9.04. The Balaban J connectivity index is 1.27. The van der Waals surface area contributed by atoms with Crippen LogP contribution in [0.2, 0.25) is 0 Å². The Bertz CT molecular complexity index is 1490. The van der Waals surface area contributed by atoms with E-state index in [1.54, 1.807) is 29.2 Å². The fourth-order valence-corrected chi connectivity index (χ4v) is 7.53. The van der Waals surface area contributed by atoms with Gasteiger partial charge in [0.25, 0.3) is 5.91 Å². The van der Waals surface area contributed by atoms with Crippen molar-refractivity contribution in [1.82, 2.24) is 4.90 Å². The van der Waals surface area contributed by atoms with Gasteiger partial charge in [0.15, 0.2) is 0 Å². The molecule has 2 bridgehead atoms. The van der Waals surface area contributed by atoms with Gasteiger partial charge in [0, 0.05) is 12.1 Å². The first kappa shape index (κ1) is 24.5. The van der Waals surface area contributed by atoms with Crippen LogP contribution >= 0.6 is 24.0 Å². The zero-order chi connectivity index (χ0) is 25.7. The molecule has 3 atom stereocenters. The number of aromatic hydroxyl groups is 1. The van der Waals surface area contributed by atoms with Crippen LogP contribution in [0.15, 0.2) is 48.9 Å². The van der Waals surface area contributed by atoms with Gasteiger partial charge in [-0.3, -0.25) is 9.69 Å². The molecule has 0 spiro atoms. The number of carbonyl (C=O) groups excluding carboxylic acids is 1. The Morgan fingerprint density at radius 1 is 1.14 bits per heavy atom. The number of thioether (sulfide) groups is 1. The molecule has 3 unspecified atom stereocenters. The van der Waals surface area contributed by atoms with Gasteiger partial charge in [-0.15, -0.1) is 0 Å². The van der Waals surface area contributed by atoms with Gasteiger partial charge in [-0.05, 0) is 73.8 Å². The smallest absolute Gasteiger partial charge is 0.351 e. The Morgan fingerprint density at radius 2 is 2.00 bits per heavy atom. The number of aryl methyl sites for hydroxylation is 1. The lowest BCUT2D eigenvalue weighted by Gasteiger charge is -2.30. The highest BCUT2D eigenvalue weighted by Crippen LogP contribution is 2.49. The van der Waals surface area contributed by atoms with Crippen molar-refractivity contribution >= 4 is 51.3 Å². The zero-order valence-electron chi connectivity index (χ0n) is 20.7. The molecular weight excluding hydrogens is 506 g/mol. The minimum atomic E-state index is -0.674. The van der Waals surface area contributed by atoms with Gasteiger partial charge in [-0.25, -0.2) is 4.79 Å². The normalized spacial score (nSPS) is 24.3. The third kappa shape index (κ3) is 4.44. The standard InChI is InChI=1S/C29H29NO5S2/c1-2-3-4-5-16-7-10-22-20(13-16)26(31)25(28(33)35-22)23-11-9-19(34-23)15-24-27(32)30(29(36)37-24)21-14-17-6-8-18(21)12-17/h7,9-11,13,15,17-18,21,31H,2-6,8,12,14H2,1H3/b24-15-. The van der Waals surface area contributed by atoms with Gasteiger partial charge in [0.2, 0.25) is 0 Å². The molecule has 0 radical (unpaired) electrons. The van der Waals surface area contributed by atoms with Gasteiger partial charge in [0.1, 0.15) is 32.7 Å². The molecule has 2 saturated carbocycles. The molecule has 37 heavy (non-hydrogen) atoms. The topological polar surface area (TPSA) is 83.9 Å². The van der Waals surface area contributed by atoms with Crippen molar-refractivity contribution in [3.8, 4) is 17.1 Å². The number of unbranched alkanes of at least 4 members (excludes halogenated alkanes) is 2. The van der Waals surface area contributed by atoms with E-state index in [2.05, 4.69) is 6.92 Å². The summed E-state index contributed by atoms with van der Waals surface area (Å²) in [5, 5.41) is 11.5. The van der Waals surface area contributed by atoms with Crippen LogP contribution in [0.4, 0.5) is 0 Å². The summed E-state index contributed by atoms with van der Waals surface area (Å²) in [7, 11) is 0. The quantitative estimate of drug-likeness (QED) is 0.153. The maximum absolute atomic E-state index is 13.2. The largest absolute Gasteiger partial charge is 0.506 e. The number of hydrogen-bond acceptors (Lipinski definition) is 7. The first-order valence-electron chi connectivity index (χ1n) is 13.1. The molecular formula is C29H29NO5S2. The average molecular weight is 536 g/mol. The number of fused-ring (bicyclic) bond motifs is 3. The van der Waals surface area contributed by atoms with Crippen molar-refractivity contribution < 1.29 is 18.7 Å². The molecule has 6 nitrogen and oxygen atoms in total. The zero-order valence-corrected chi connectivity index (χ0v) is 22.3. The fourth-order valence-electron chi connectivity index (χ4n) is 6.17. The van der Waals surface area contributed by atoms with Crippen LogP contribution in [-0.2, 0) is 11.2 Å². The number of rotatable bonds is 7. The number of hydrogen-bond donors (Lipinski definition) is 1. The summed E-state index contributed by atoms with van der Waals surface area (Å²) < 4.78 is 12.0. The minimum Gasteiger partial charge on any atom is -0.506 e. The second kappa shape index (κ2) is 9.80. The number of furan rings is 1. The Morgan fingerprint density at radius 3 is 2.76 bits per heavy atom. The highest BCUT2D eigenvalue weighted by atomic mass is 32.2. The number of benzene rings is 1. The van der Waals surface area contributed by atoms with E-state index in [0.717, 1.165) is 37.7 Å². The molecule has 2 aromatic heterocycles. The van der Waals surface area contributed by atoms with Crippen LogP contribution in [0.25, 0.3) is 28.4 Å².